The van der Waals surface area contributed by atoms with E-state index in [-0.39, 0.29) is 23.6 Å². The maximum Gasteiger partial charge on any atom is 0.339 e. The van der Waals surface area contributed by atoms with Crippen LogP contribution in [0.2, 0.25) is 0 Å². The fourth-order valence-corrected chi connectivity index (χ4v) is 1.47. The zero-order valence-corrected chi connectivity index (χ0v) is 9.36. The monoisotopic (exact) mass is 235 g/mol. The number of rotatable bonds is 4. The second-order valence-electron chi connectivity index (χ2n) is 3.47. The lowest BCUT2D eigenvalue weighted by Crippen LogP contribution is -2.09. The van der Waals surface area contributed by atoms with Crippen LogP contribution in [0.25, 0.3) is 0 Å². The number of aromatic carboxylic acids is 1. The Morgan fingerprint density at radius 2 is 2.12 bits per heavy atom. The van der Waals surface area contributed by atoms with Crippen molar-refractivity contribution >= 4 is 17.6 Å². The molecule has 0 saturated heterocycles. The highest BCUT2D eigenvalue weighted by atomic mass is 16.4. The zero-order chi connectivity index (χ0) is 13.0. The number of carbonyl (C=O) groups is 2. The summed E-state index contributed by atoms with van der Waals surface area (Å²) in [5.74, 6) is -1.86. The Morgan fingerprint density at radius 1 is 1.47 bits per heavy atom. The summed E-state index contributed by atoms with van der Waals surface area (Å²) in [5, 5.41) is 21.2. The van der Waals surface area contributed by atoms with E-state index < -0.39 is 5.97 Å². The minimum absolute atomic E-state index is 0.198. The molecule has 5 nitrogen and oxygen atoms in total. The molecule has 0 saturated carbocycles. The molecule has 90 valence electrons. The van der Waals surface area contributed by atoms with Crippen molar-refractivity contribution in [3.05, 3.63) is 35.9 Å². The van der Waals surface area contributed by atoms with Crippen LogP contribution < -0.4 is 5.32 Å². The number of hydrogen-bond donors (Lipinski definition) is 3. The topological polar surface area (TPSA) is 86.6 Å². The van der Waals surface area contributed by atoms with Crippen LogP contribution in [0.4, 0.5) is 5.69 Å². The van der Waals surface area contributed by atoms with E-state index >= 15 is 0 Å². The number of benzene rings is 1. The van der Waals surface area contributed by atoms with E-state index in [2.05, 4.69) is 11.9 Å². The third-order valence-electron chi connectivity index (χ3n) is 2.17. The molecule has 0 radical (unpaired) electrons. The molecule has 3 N–H and O–H groups in total. The smallest absolute Gasteiger partial charge is 0.339 e. The summed E-state index contributed by atoms with van der Waals surface area (Å²) < 4.78 is 0. The second-order valence-corrected chi connectivity index (χ2v) is 3.47. The minimum atomic E-state index is -1.22. The number of aromatic hydroxyl groups is 1. The lowest BCUT2D eigenvalue weighted by Gasteiger charge is -2.12. The number of carbonyl (C=O) groups excluding carboxylic acids is 1. The van der Waals surface area contributed by atoms with Crippen molar-refractivity contribution in [1.82, 2.24) is 0 Å². The number of amides is 1. The Labute approximate surface area is 98.4 Å². The highest BCUT2D eigenvalue weighted by Crippen LogP contribution is 2.30. The molecule has 1 amide bonds. The van der Waals surface area contributed by atoms with E-state index in [1.165, 1.54) is 25.1 Å². The molecule has 0 aromatic heterocycles. The molecule has 0 aliphatic rings. The van der Waals surface area contributed by atoms with E-state index in [4.69, 9.17) is 5.11 Å². The molecule has 0 atom stereocenters. The van der Waals surface area contributed by atoms with E-state index in [1.54, 1.807) is 0 Å². The summed E-state index contributed by atoms with van der Waals surface area (Å²) in [6.45, 7) is 4.85. The normalized spacial score (nSPS) is 9.71. The van der Waals surface area contributed by atoms with Gasteiger partial charge in [0.1, 0.15) is 11.3 Å². The van der Waals surface area contributed by atoms with Gasteiger partial charge in [0, 0.05) is 18.2 Å². The van der Waals surface area contributed by atoms with Crippen LogP contribution in [0.3, 0.4) is 0 Å². The first kappa shape index (κ1) is 12.8. The third-order valence-corrected chi connectivity index (χ3v) is 2.17. The number of phenols is 1. The molecule has 1 rings (SSSR count). The molecular weight excluding hydrogens is 222 g/mol. The van der Waals surface area contributed by atoms with Gasteiger partial charge in [0.2, 0.25) is 5.91 Å². The minimum Gasteiger partial charge on any atom is -0.507 e. The molecule has 0 heterocycles. The first-order valence-electron chi connectivity index (χ1n) is 4.94. The van der Waals surface area contributed by atoms with Crippen molar-refractivity contribution in [3.63, 3.8) is 0 Å². The number of allylic oxidation sites excluding steroid dienone is 1. The summed E-state index contributed by atoms with van der Waals surface area (Å²) in [5.41, 5.74) is 0.533. The summed E-state index contributed by atoms with van der Waals surface area (Å²) >= 11 is 0. The number of hydrogen-bond acceptors (Lipinski definition) is 3. The maximum absolute atomic E-state index is 11.0. The van der Waals surface area contributed by atoms with Crippen LogP contribution in [-0.2, 0) is 11.2 Å². The first-order chi connectivity index (χ1) is 7.97. The van der Waals surface area contributed by atoms with Gasteiger partial charge in [-0.1, -0.05) is 6.08 Å². The Kier molecular flexibility index (Phi) is 3.87. The van der Waals surface area contributed by atoms with Gasteiger partial charge in [-0.05, 0) is 18.6 Å². The number of nitrogens with one attached hydrogen (secondary N) is 1. The first-order valence-corrected chi connectivity index (χ1v) is 4.94. The van der Waals surface area contributed by atoms with Gasteiger partial charge in [-0.15, -0.1) is 6.58 Å². The number of carboxylic acids is 1. The van der Waals surface area contributed by atoms with Crippen molar-refractivity contribution in [2.24, 2.45) is 0 Å². The lowest BCUT2D eigenvalue weighted by atomic mass is 10.0. The van der Waals surface area contributed by atoms with E-state index in [1.807, 2.05) is 0 Å². The van der Waals surface area contributed by atoms with Crippen LogP contribution in [-0.4, -0.2) is 22.1 Å². The Balaban J connectivity index is 3.32. The van der Waals surface area contributed by atoms with E-state index in [0.717, 1.165) is 0 Å². The standard InChI is InChI=1S/C12H13NO4/c1-3-4-8-10(13-7(2)14)6-5-9(11(8)15)12(16)17/h3,5-6,15H,1,4H2,2H3,(H,13,14)(H,16,17). The average molecular weight is 235 g/mol. The molecule has 0 unspecified atom stereocenters. The maximum atomic E-state index is 11.0. The zero-order valence-electron chi connectivity index (χ0n) is 9.36. The Bertz CT molecular complexity index is 480. The molecule has 5 heteroatoms. The summed E-state index contributed by atoms with van der Waals surface area (Å²) in [6.07, 6.45) is 1.79. The SMILES string of the molecule is C=CCc1c(NC(C)=O)ccc(C(=O)O)c1O. The van der Waals surface area contributed by atoms with Crippen molar-refractivity contribution < 1.29 is 19.8 Å². The summed E-state index contributed by atoms with van der Waals surface area (Å²) in [7, 11) is 0. The molecule has 0 fully saturated rings. The van der Waals surface area contributed by atoms with Gasteiger partial charge in [-0.25, -0.2) is 4.79 Å². The molecule has 1 aromatic rings. The van der Waals surface area contributed by atoms with Crippen molar-refractivity contribution in [3.8, 4) is 5.75 Å². The molecular formula is C12H13NO4. The molecule has 0 spiro atoms. The van der Waals surface area contributed by atoms with Crippen LogP contribution >= 0.6 is 0 Å². The van der Waals surface area contributed by atoms with Crippen molar-refractivity contribution in [1.29, 1.82) is 0 Å². The van der Waals surface area contributed by atoms with E-state index in [9.17, 15) is 14.7 Å². The molecule has 17 heavy (non-hydrogen) atoms. The fraction of sp³-hybridized carbons (Fsp3) is 0.167. The van der Waals surface area contributed by atoms with Gasteiger partial charge in [-0.3, -0.25) is 4.79 Å². The molecule has 0 aliphatic carbocycles. The van der Waals surface area contributed by atoms with E-state index in [0.29, 0.717) is 11.3 Å². The largest absolute Gasteiger partial charge is 0.507 e. The predicted molar refractivity (Wildman–Crippen MR) is 63.3 cm³/mol. The predicted octanol–water partition coefficient (Wildman–Crippen LogP) is 1.78. The van der Waals surface area contributed by atoms with Crippen LogP contribution in [0, 0.1) is 0 Å². The van der Waals surface area contributed by atoms with Crippen LogP contribution in [0.5, 0.6) is 5.75 Å². The highest BCUT2D eigenvalue weighted by Gasteiger charge is 2.16. The molecule has 1 aromatic carbocycles. The van der Waals surface area contributed by atoms with Gasteiger partial charge >= 0.3 is 5.97 Å². The van der Waals surface area contributed by atoms with Gasteiger partial charge in [0.15, 0.2) is 0 Å². The third kappa shape index (κ3) is 2.84. The van der Waals surface area contributed by atoms with Gasteiger partial charge in [0.25, 0.3) is 0 Å². The van der Waals surface area contributed by atoms with Gasteiger partial charge in [-0.2, -0.15) is 0 Å². The quantitative estimate of drug-likeness (QED) is 0.694. The van der Waals surface area contributed by atoms with Gasteiger partial charge in [0.05, 0.1) is 0 Å². The average Bonchev–Trinajstić information content (AvgIpc) is 2.22. The van der Waals surface area contributed by atoms with Crippen molar-refractivity contribution in [2.45, 2.75) is 13.3 Å². The van der Waals surface area contributed by atoms with Crippen molar-refractivity contribution in [2.75, 3.05) is 5.32 Å². The summed E-state index contributed by atoms with van der Waals surface area (Å²) in [6, 6.07) is 2.69. The molecule has 0 bridgehead atoms. The lowest BCUT2D eigenvalue weighted by molar-refractivity contribution is -0.114. The highest BCUT2D eigenvalue weighted by molar-refractivity contribution is 5.95. The molecule has 0 aliphatic heterocycles. The Hall–Kier alpha value is -2.30. The fourth-order valence-electron chi connectivity index (χ4n) is 1.47. The van der Waals surface area contributed by atoms with Crippen LogP contribution in [0.15, 0.2) is 24.8 Å². The van der Waals surface area contributed by atoms with Gasteiger partial charge < -0.3 is 15.5 Å². The Morgan fingerprint density at radius 3 is 2.59 bits per heavy atom. The number of anilines is 1. The van der Waals surface area contributed by atoms with Crippen LogP contribution in [0.1, 0.15) is 22.8 Å². The second kappa shape index (κ2) is 5.16. The number of carboxylic acid groups (broad SMARTS) is 1. The summed E-state index contributed by atoms with van der Waals surface area (Å²) in [4.78, 5) is 21.8.